The first-order chi connectivity index (χ1) is 12.7. The standard InChI is InChI=1S/C21H29N3O2/c25-20(16-6-10-26-11-7-16)22-19-17-12-23-8-9-24(13-17)15-21(19,14-23)18-4-2-1-3-5-18/h1-5,16-17,19H,6-15H2,(H,22,25)/t17?,19-,21?/m0/s1. The van der Waals surface area contributed by atoms with Gasteiger partial charge in [-0.3, -0.25) is 4.79 Å². The maximum Gasteiger partial charge on any atom is 0.223 e. The molecule has 5 fully saturated rings. The Morgan fingerprint density at radius 1 is 1.04 bits per heavy atom. The first-order valence-electron chi connectivity index (χ1n) is 10.1. The highest BCUT2D eigenvalue weighted by Gasteiger charge is 2.55. The Hall–Kier alpha value is -1.43. The Morgan fingerprint density at radius 2 is 1.69 bits per heavy atom. The van der Waals surface area contributed by atoms with E-state index in [0.29, 0.717) is 5.92 Å². The lowest BCUT2D eigenvalue weighted by Gasteiger charge is -2.56. The Balaban J connectivity index is 1.47. The van der Waals surface area contributed by atoms with Crippen LogP contribution in [0.1, 0.15) is 18.4 Å². The van der Waals surface area contributed by atoms with Crippen LogP contribution in [0.5, 0.6) is 0 Å². The molecule has 5 heteroatoms. The molecule has 0 aliphatic carbocycles. The monoisotopic (exact) mass is 355 g/mol. The summed E-state index contributed by atoms with van der Waals surface area (Å²) in [5.41, 5.74) is 1.40. The molecule has 0 radical (unpaired) electrons. The SMILES string of the molecule is O=C(N[C@H]1C2CN3CCN(C2)CC1(c1ccccc1)C3)C1CCOCC1. The number of ether oxygens (including phenoxy) is 1. The number of rotatable bonds is 3. The fraction of sp³-hybridized carbons (Fsp3) is 0.667. The van der Waals surface area contributed by atoms with Gasteiger partial charge in [0.25, 0.3) is 0 Å². The molecule has 0 spiro atoms. The lowest BCUT2D eigenvalue weighted by Crippen LogP contribution is -2.71. The van der Waals surface area contributed by atoms with Crippen LogP contribution in [0.25, 0.3) is 0 Å². The second-order valence-corrected chi connectivity index (χ2v) is 8.63. The Bertz CT molecular complexity index is 642. The summed E-state index contributed by atoms with van der Waals surface area (Å²) in [6.45, 7) is 8.10. The molecular formula is C21H29N3O2. The van der Waals surface area contributed by atoms with Gasteiger partial charge in [-0.1, -0.05) is 30.3 Å². The summed E-state index contributed by atoms with van der Waals surface area (Å²) in [6.07, 6.45) is 1.72. The number of piperidine rings is 2. The molecule has 1 aromatic carbocycles. The summed E-state index contributed by atoms with van der Waals surface area (Å²) in [6, 6.07) is 11.2. The van der Waals surface area contributed by atoms with Crippen molar-refractivity contribution in [3.63, 3.8) is 0 Å². The molecule has 0 saturated carbocycles. The lowest BCUT2D eigenvalue weighted by molar-refractivity contribution is -0.131. The summed E-state index contributed by atoms with van der Waals surface area (Å²) in [5.74, 6) is 0.894. The zero-order chi connectivity index (χ0) is 17.6. The van der Waals surface area contributed by atoms with Gasteiger partial charge in [0.05, 0.1) is 0 Å². The van der Waals surface area contributed by atoms with Crippen LogP contribution in [0.4, 0.5) is 0 Å². The smallest absolute Gasteiger partial charge is 0.223 e. The molecule has 4 bridgehead atoms. The molecular weight excluding hydrogens is 326 g/mol. The van der Waals surface area contributed by atoms with Crippen LogP contribution < -0.4 is 5.32 Å². The average molecular weight is 355 g/mol. The van der Waals surface area contributed by atoms with Gasteiger partial charge in [-0.2, -0.15) is 0 Å². The number of nitrogens with zero attached hydrogens (tertiary/aromatic N) is 2. The molecule has 2 unspecified atom stereocenters. The highest BCUT2D eigenvalue weighted by molar-refractivity contribution is 5.79. The number of carbonyl (C=O) groups is 1. The first-order valence-corrected chi connectivity index (χ1v) is 10.1. The minimum absolute atomic E-state index is 0.0136. The number of benzene rings is 1. The van der Waals surface area contributed by atoms with Gasteiger partial charge in [0, 0.05) is 75.8 Å². The highest BCUT2D eigenvalue weighted by Crippen LogP contribution is 2.43. The Labute approximate surface area is 155 Å². The van der Waals surface area contributed by atoms with E-state index < -0.39 is 0 Å². The predicted octanol–water partition coefficient (Wildman–Crippen LogP) is 1.10. The van der Waals surface area contributed by atoms with Crippen molar-refractivity contribution in [2.45, 2.75) is 24.3 Å². The summed E-state index contributed by atoms with van der Waals surface area (Å²) < 4.78 is 5.45. The third-order valence-corrected chi connectivity index (χ3v) is 7.03. The number of carbonyl (C=O) groups excluding carboxylic acids is 1. The molecule has 5 aliphatic heterocycles. The fourth-order valence-electron chi connectivity index (χ4n) is 5.80. The molecule has 3 atom stereocenters. The third-order valence-electron chi connectivity index (χ3n) is 7.03. The van der Waals surface area contributed by atoms with E-state index in [1.165, 1.54) is 5.56 Å². The highest BCUT2D eigenvalue weighted by atomic mass is 16.5. The van der Waals surface area contributed by atoms with E-state index in [9.17, 15) is 4.79 Å². The largest absolute Gasteiger partial charge is 0.381 e. The van der Waals surface area contributed by atoms with E-state index in [2.05, 4.69) is 45.4 Å². The zero-order valence-electron chi connectivity index (χ0n) is 15.4. The van der Waals surface area contributed by atoms with Gasteiger partial charge < -0.3 is 19.9 Å². The van der Waals surface area contributed by atoms with Crippen molar-refractivity contribution in [2.24, 2.45) is 11.8 Å². The lowest BCUT2D eigenvalue weighted by atomic mass is 9.64. The van der Waals surface area contributed by atoms with Crippen molar-refractivity contribution in [3.05, 3.63) is 35.9 Å². The Morgan fingerprint density at radius 3 is 2.35 bits per heavy atom. The van der Waals surface area contributed by atoms with Crippen molar-refractivity contribution in [1.29, 1.82) is 0 Å². The number of amides is 1. The fourth-order valence-corrected chi connectivity index (χ4v) is 5.80. The van der Waals surface area contributed by atoms with Gasteiger partial charge in [0.2, 0.25) is 5.91 Å². The minimum Gasteiger partial charge on any atom is -0.381 e. The first kappa shape index (κ1) is 16.7. The molecule has 5 nitrogen and oxygen atoms in total. The van der Waals surface area contributed by atoms with Crippen molar-refractivity contribution in [3.8, 4) is 0 Å². The van der Waals surface area contributed by atoms with Gasteiger partial charge in [0.1, 0.15) is 0 Å². The van der Waals surface area contributed by atoms with Gasteiger partial charge in [-0.15, -0.1) is 0 Å². The summed E-state index contributed by atoms with van der Waals surface area (Å²) in [5, 5.41) is 3.55. The molecule has 5 heterocycles. The topological polar surface area (TPSA) is 44.8 Å². The van der Waals surface area contributed by atoms with E-state index in [1.807, 2.05) is 0 Å². The van der Waals surface area contributed by atoms with Gasteiger partial charge in [-0.05, 0) is 18.4 Å². The third kappa shape index (κ3) is 2.77. The molecule has 1 aromatic rings. The maximum absolute atomic E-state index is 13.1. The van der Waals surface area contributed by atoms with Gasteiger partial charge >= 0.3 is 0 Å². The van der Waals surface area contributed by atoms with E-state index in [0.717, 1.165) is 65.3 Å². The van der Waals surface area contributed by atoms with Crippen molar-refractivity contribution >= 4 is 5.91 Å². The average Bonchev–Trinajstić information content (AvgIpc) is 2.94. The van der Waals surface area contributed by atoms with E-state index in [-0.39, 0.29) is 23.3 Å². The second-order valence-electron chi connectivity index (χ2n) is 8.63. The van der Waals surface area contributed by atoms with Crippen LogP contribution in [-0.2, 0) is 14.9 Å². The molecule has 1 amide bonds. The van der Waals surface area contributed by atoms with Gasteiger partial charge in [0.15, 0.2) is 0 Å². The molecule has 1 N–H and O–H groups in total. The predicted molar refractivity (Wildman–Crippen MR) is 100.0 cm³/mol. The van der Waals surface area contributed by atoms with Crippen LogP contribution in [0.15, 0.2) is 30.3 Å². The van der Waals surface area contributed by atoms with Crippen LogP contribution in [0.3, 0.4) is 0 Å². The molecule has 5 aliphatic rings. The van der Waals surface area contributed by atoms with E-state index in [1.54, 1.807) is 0 Å². The van der Waals surface area contributed by atoms with Crippen molar-refractivity contribution in [2.75, 3.05) is 52.5 Å². The molecule has 6 rings (SSSR count). The summed E-state index contributed by atoms with van der Waals surface area (Å²) in [7, 11) is 0. The van der Waals surface area contributed by atoms with Crippen molar-refractivity contribution < 1.29 is 9.53 Å². The van der Waals surface area contributed by atoms with Gasteiger partial charge in [-0.25, -0.2) is 0 Å². The van der Waals surface area contributed by atoms with E-state index >= 15 is 0 Å². The normalized spacial score (nSPS) is 39.5. The summed E-state index contributed by atoms with van der Waals surface area (Å²) in [4.78, 5) is 18.3. The van der Waals surface area contributed by atoms with Crippen molar-refractivity contribution in [1.82, 2.24) is 15.1 Å². The van der Waals surface area contributed by atoms with Crippen LogP contribution in [-0.4, -0.2) is 74.2 Å². The Kier molecular flexibility index (Phi) is 4.26. The second kappa shape index (κ2) is 6.63. The quantitative estimate of drug-likeness (QED) is 0.882. The molecule has 26 heavy (non-hydrogen) atoms. The van der Waals surface area contributed by atoms with Crippen LogP contribution in [0, 0.1) is 11.8 Å². The van der Waals surface area contributed by atoms with E-state index in [4.69, 9.17) is 4.74 Å². The molecule has 140 valence electrons. The zero-order valence-corrected chi connectivity index (χ0v) is 15.4. The molecule has 0 aromatic heterocycles. The number of fused-ring (bicyclic) bond motifs is 1. The number of hydrogen-bond acceptors (Lipinski definition) is 4. The minimum atomic E-state index is 0.0136. The summed E-state index contributed by atoms with van der Waals surface area (Å²) >= 11 is 0. The van der Waals surface area contributed by atoms with Crippen LogP contribution >= 0.6 is 0 Å². The molecule has 5 saturated heterocycles. The maximum atomic E-state index is 13.1. The number of nitrogens with one attached hydrogen (secondary N) is 1. The van der Waals surface area contributed by atoms with Crippen LogP contribution in [0.2, 0.25) is 0 Å². The number of hydrogen-bond donors (Lipinski definition) is 1.